The van der Waals surface area contributed by atoms with Gasteiger partial charge in [0.25, 0.3) is 0 Å². The van der Waals surface area contributed by atoms with E-state index in [1.165, 1.54) is 7.11 Å². The Morgan fingerprint density at radius 3 is 2.71 bits per heavy atom. The standard InChI is InChI=1S/C17H22N4O3/c1-11-7-14(5-6-15(11)16(22)24-4)20-17(23)19-12(2)8-13-9-18-21(3)10-13/h5-7,9-10,12H,8H2,1-4H3,(H2,19,20,23). The molecular formula is C17H22N4O3. The first kappa shape index (κ1) is 17.5. The number of benzene rings is 1. The van der Waals surface area contributed by atoms with Crippen LogP contribution in [0.15, 0.2) is 30.6 Å². The average Bonchev–Trinajstić information content (AvgIpc) is 2.91. The number of nitrogens with one attached hydrogen (secondary N) is 2. The van der Waals surface area contributed by atoms with Gasteiger partial charge in [-0.15, -0.1) is 0 Å². The number of hydrogen-bond acceptors (Lipinski definition) is 4. The van der Waals surface area contributed by atoms with Crippen LogP contribution in [0, 0.1) is 6.92 Å². The van der Waals surface area contributed by atoms with Crippen molar-refractivity contribution in [2.45, 2.75) is 26.3 Å². The molecule has 0 bridgehead atoms. The summed E-state index contributed by atoms with van der Waals surface area (Å²) in [6.45, 7) is 3.72. The fourth-order valence-corrected chi connectivity index (χ4v) is 2.45. The Morgan fingerprint density at radius 2 is 2.12 bits per heavy atom. The molecule has 0 fully saturated rings. The minimum absolute atomic E-state index is 0.0374. The average molecular weight is 330 g/mol. The molecular weight excluding hydrogens is 308 g/mol. The Labute approximate surface area is 141 Å². The Bertz CT molecular complexity index is 739. The van der Waals surface area contributed by atoms with Crippen LogP contribution in [0.4, 0.5) is 10.5 Å². The third-order valence-corrected chi connectivity index (χ3v) is 3.57. The second-order valence-corrected chi connectivity index (χ2v) is 5.75. The number of esters is 1. The van der Waals surface area contributed by atoms with Gasteiger partial charge in [0.2, 0.25) is 0 Å². The van der Waals surface area contributed by atoms with Gasteiger partial charge in [0.15, 0.2) is 0 Å². The number of anilines is 1. The molecule has 1 aromatic carbocycles. The van der Waals surface area contributed by atoms with Crippen molar-refractivity contribution in [3.8, 4) is 0 Å². The van der Waals surface area contributed by atoms with Gasteiger partial charge in [-0.05, 0) is 49.6 Å². The largest absolute Gasteiger partial charge is 0.465 e. The summed E-state index contributed by atoms with van der Waals surface area (Å²) in [6.07, 6.45) is 4.40. The van der Waals surface area contributed by atoms with Crippen LogP contribution in [0.3, 0.4) is 0 Å². The lowest BCUT2D eigenvalue weighted by atomic mass is 10.1. The predicted molar refractivity (Wildman–Crippen MR) is 91.0 cm³/mol. The topological polar surface area (TPSA) is 85.2 Å². The van der Waals surface area contributed by atoms with Gasteiger partial charge in [0, 0.05) is 25.0 Å². The van der Waals surface area contributed by atoms with Crippen molar-refractivity contribution in [1.82, 2.24) is 15.1 Å². The lowest BCUT2D eigenvalue weighted by molar-refractivity contribution is 0.0600. The Hall–Kier alpha value is -2.83. The fourth-order valence-electron chi connectivity index (χ4n) is 2.45. The van der Waals surface area contributed by atoms with E-state index >= 15 is 0 Å². The highest BCUT2D eigenvalue weighted by atomic mass is 16.5. The van der Waals surface area contributed by atoms with Gasteiger partial charge >= 0.3 is 12.0 Å². The second-order valence-electron chi connectivity index (χ2n) is 5.75. The van der Waals surface area contributed by atoms with Gasteiger partial charge in [-0.3, -0.25) is 4.68 Å². The maximum atomic E-state index is 12.1. The van der Waals surface area contributed by atoms with Crippen molar-refractivity contribution in [3.63, 3.8) is 0 Å². The number of amides is 2. The van der Waals surface area contributed by atoms with Crippen molar-refractivity contribution < 1.29 is 14.3 Å². The Balaban J connectivity index is 1.92. The molecule has 0 aliphatic carbocycles. The maximum Gasteiger partial charge on any atom is 0.338 e. The molecule has 0 saturated heterocycles. The third kappa shape index (κ3) is 4.58. The van der Waals surface area contributed by atoms with Gasteiger partial charge in [-0.1, -0.05) is 0 Å². The van der Waals surface area contributed by atoms with Gasteiger partial charge < -0.3 is 15.4 Å². The van der Waals surface area contributed by atoms with Gasteiger partial charge in [0.05, 0.1) is 18.9 Å². The van der Waals surface area contributed by atoms with Crippen LogP contribution in [0.25, 0.3) is 0 Å². The van der Waals surface area contributed by atoms with E-state index in [1.54, 1.807) is 36.0 Å². The van der Waals surface area contributed by atoms with E-state index in [1.807, 2.05) is 20.2 Å². The van der Waals surface area contributed by atoms with Crippen LogP contribution >= 0.6 is 0 Å². The predicted octanol–water partition coefficient (Wildman–Crippen LogP) is 2.27. The highest BCUT2D eigenvalue weighted by Gasteiger charge is 2.12. The van der Waals surface area contributed by atoms with Crippen molar-refractivity contribution in [2.75, 3.05) is 12.4 Å². The molecule has 24 heavy (non-hydrogen) atoms. The molecule has 0 saturated carbocycles. The molecule has 2 rings (SSSR count). The van der Waals surface area contributed by atoms with E-state index in [0.29, 0.717) is 17.7 Å². The van der Waals surface area contributed by atoms with Crippen LogP contribution in [0.1, 0.15) is 28.4 Å². The highest BCUT2D eigenvalue weighted by molar-refractivity contribution is 5.93. The smallest absolute Gasteiger partial charge is 0.338 e. The molecule has 0 radical (unpaired) electrons. The Morgan fingerprint density at radius 1 is 1.38 bits per heavy atom. The van der Waals surface area contributed by atoms with E-state index in [2.05, 4.69) is 15.7 Å². The Kier molecular flexibility index (Phi) is 5.57. The monoisotopic (exact) mass is 330 g/mol. The highest BCUT2D eigenvalue weighted by Crippen LogP contribution is 2.16. The van der Waals surface area contributed by atoms with Crippen LogP contribution in [0.2, 0.25) is 0 Å². The summed E-state index contributed by atoms with van der Waals surface area (Å²) in [5, 5.41) is 9.75. The van der Waals surface area contributed by atoms with E-state index in [9.17, 15) is 9.59 Å². The molecule has 2 N–H and O–H groups in total. The fraction of sp³-hybridized carbons (Fsp3) is 0.353. The normalized spacial score (nSPS) is 11.7. The number of aryl methyl sites for hydroxylation is 2. The molecule has 2 aromatic rings. The quantitative estimate of drug-likeness (QED) is 0.824. The number of carbonyl (C=O) groups is 2. The summed E-state index contributed by atoms with van der Waals surface area (Å²) in [5.41, 5.74) is 2.89. The summed E-state index contributed by atoms with van der Waals surface area (Å²) in [5.74, 6) is -0.395. The van der Waals surface area contributed by atoms with Crippen molar-refractivity contribution in [1.29, 1.82) is 0 Å². The third-order valence-electron chi connectivity index (χ3n) is 3.57. The molecule has 128 valence electrons. The number of nitrogens with zero attached hydrogens (tertiary/aromatic N) is 2. The second kappa shape index (κ2) is 7.63. The zero-order chi connectivity index (χ0) is 17.7. The zero-order valence-corrected chi connectivity index (χ0v) is 14.3. The number of aromatic nitrogens is 2. The first-order valence-electron chi connectivity index (χ1n) is 7.63. The number of hydrogen-bond donors (Lipinski definition) is 2. The summed E-state index contributed by atoms with van der Waals surface area (Å²) in [7, 11) is 3.19. The van der Waals surface area contributed by atoms with E-state index in [0.717, 1.165) is 11.1 Å². The number of carbonyl (C=O) groups excluding carboxylic acids is 2. The number of ether oxygens (including phenoxy) is 1. The van der Waals surface area contributed by atoms with Crippen LogP contribution in [-0.2, 0) is 18.2 Å². The SMILES string of the molecule is COC(=O)c1ccc(NC(=O)NC(C)Cc2cnn(C)c2)cc1C. The lowest BCUT2D eigenvalue weighted by Gasteiger charge is -2.14. The first-order chi connectivity index (χ1) is 11.4. The lowest BCUT2D eigenvalue weighted by Crippen LogP contribution is -2.37. The molecule has 1 heterocycles. The van der Waals surface area contributed by atoms with Gasteiger partial charge in [-0.25, -0.2) is 9.59 Å². The van der Waals surface area contributed by atoms with Crippen LogP contribution in [0.5, 0.6) is 0 Å². The van der Waals surface area contributed by atoms with Crippen molar-refractivity contribution >= 4 is 17.7 Å². The minimum atomic E-state index is -0.395. The number of urea groups is 1. The molecule has 1 unspecified atom stereocenters. The summed E-state index contributed by atoms with van der Waals surface area (Å²) < 4.78 is 6.43. The molecule has 0 aliphatic heterocycles. The van der Waals surface area contributed by atoms with Gasteiger partial charge in [-0.2, -0.15) is 5.10 Å². The minimum Gasteiger partial charge on any atom is -0.465 e. The van der Waals surface area contributed by atoms with E-state index < -0.39 is 5.97 Å². The molecule has 2 amide bonds. The molecule has 7 nitrogen and oxygen atoms in total. The molecule has 7 heteroatoms. The molecule has 0 aliphatic rings. The summed E-state index contributed by atoms with van der Waals surface area (Å²) in [6, 6.07) is 4.71. The summed E-state index contributed by atoms with van der Waals surface area (Å²) in [4.78, 5) is 23.6. The number of methoxy groups -OCH3 is 1. The first-order valence-corrected chi connectivity index (χ1v) is 7.63. The molecule has 1 aromatic heterocycles. The van der Waals surface area contributed by atoms with Crippen molar-refractivity contribution in [2.24, 2.45) is 7.05 Å². The zero-order valence-electron chi connectivity index (χ0n) is 14.3. The number of rotatable bonds is 5. The van der Waals surface area contributed by atoms with E-state index in [-0.39, 0.29) is 12.1 Å². The van der Waals surface area contributed by atoms with Crippen LogP contribution in [-0.4, -0.2) is 34.9 Å². The van der Waals surface area contributed by atoms with Gasteiger partial charge in [0.1, 0.15) is 0 Å². The van der Waals surface area contributed by atoms with Crippen molar-refractivity contribution in [3.05, 3.63) is 47.3 Å². The maximum absolute atomic E-state index is 12.1. The van der Waals surface area contributed by atoms with Crippen LogP contribution < -0.4 is 10.6 Å². The molecule has 1 atom stereocenters. The molecule has 0 spiro atoms. The summed E-state index contributed by atoms with van der Waals surface area (Å²) >= 11 is 0. The van der Waals surface area contributed by atoms with E-state index in [4.69, 9.17) is 4.74 Å².